The maximum Gasteiger partial charge on any atom is 0.229 e. The number of halogens is 1. The van der Waals surface area contributed by atoms with Gasteiger partial charge in [-0.1, -0.05) is 23.5 Å². The predicted octanol–water partition coefficient (Wildman–Crippen LogP) is 3.84. The molecule has 1 amide bonds. The van der Waals surface area contributed by atoms with Crippen LogP contribution in [0.15, 0.2) is 36.4 Å². The number of nitrogens with zero attached hydrogens (tertiary/aromatic N) is 4. The highest BCUT2D eigenvalue weighted by molar-refractivity contribution is 7.22. The van der Waals surface area contributed by atoms with Crippen molar-refractivity contribution in [3.8, 4) is 0 Å². The summed E-state index contributed by atoms with van der Waals surface area (Å²) in [6.07, 6.45) is 0. The number of carbonyl (C=O) groups excluding carboxylic acids is 1. The third kappa shape index (κ3) is 3.51. The fourth-order valence-electron chi connectivity index (χ4n) is 4.30. The molecule has 0 aliphatic carbocycles. The standard InChI is InChI=1S/C23H25FN4OS/c1-15-3-4-16(2)20(11-15)26-7-9-27(10-8-26)22(29)17-13-28(14-17)23-25-19-6-5-18(24)12-21(19)30-23/h3-6,11-12,17H,7-10,13-14H2,1-2H3. The first-order chi connectivity index (χ1) is 14.5. The van der Waals surface area contributed by atoms with Crippen LogP contribution in [0.25, 0.3) is 10.2 Å². The maximum atomic E-state index is 13.4. The third-order valence-corrected chi connectivity index (χ3v) is 7.22. The third-order valence-electron chi connectivity index (χ3n) is 6.14. The molecule has 2 aliphatic rings. The molecule has 30 heavy (non-hydrogen) atoms. The van der Waals surface area contributed by atoms with Gasteiger partial charge < -0.3 is 14.7 Å². The normalized spacial score (nSPS) is 17.5. The van der Waals surface area contributed by atoms with Crippen LogP contribution < -0.4 is 9.80 Å². The molecular formula is C23H25FN4OS. The minimum Gasteiger partial charge on any atom is -0.368 e. The lowest BCUT2D eigenvalue weighted by atomic mass is 9.98. The summed E-state index contributed by atoms with van der Waals surface area (Å²) in [5.41, 5.74) is 4.64. The first-order valence-corrected chi connectivity index (χ1v) is 11.2. The number of benzene rings is 2. The molecular weight excluding hydrogens is 399 g/mol. The number of anilines is 2. The zero-order chi connectivity index (χ0) is 20.8. The Balaban J connectivity index is 1.17. The summed E-state index contributed by atoms with van der Waals surface area (Å²) in [5, 5.41) is 0.874. The Labute approximate surface area is 179 Å². The predicted molar refractivity (Wildman–Crippen MR) is 120 cm³/mol. The Bertz CT molecular complexity index is 1100. The van der Waals surface area contributed by atoms with Crippen molar-refractivity contribution >= 4 is 38.3 Å². The number of carbonyl (C=O) groups is 1. The highest BCUT2D eigenvalue weighted by atomic mass is 32.1. The Morgan fingerprint density at radius 2 is 1.80 bits per heavy atom. The number of hydrogen-bond donors (Lipinski definition) is 0. The van der Waals surface area contributed by atoms with E-state index in [0.29, 0.717) is 13.1 Å². The highest BCUT2D eigenvalue weighted by Gasteiger charge is 2.37. The summed E-state index contributed by atoms with van der Waals surface area (Å²) in [6.45, 7) is 8.92. The molecule has 0 atom stereocenters. The number of rotatable bonds is 3. The second-order valence-electron chi connectivity index (χ2n) is 8.31. The van der Waals surface area contributed by atoms with Crippen molar-refractivity contribution < 1.29 is 9.18 Å². The van der Waals surface area contributed by atoms with Crippen LogP contribution in [-0.4, -0.2) is 55.1 Å². The van der Waals surface area contributed by atoms with Gasteiger partial charge in [0.1, 0.15) is 5.82 Å². The van der Waals surface area contributed by atoms with Gasteiger partial charge >= 0.3 is 0 Å². The van der Waals surface area contributed by atoms with Gasteiger partial charge in [-0.15, -0.1) is 0 Å². The van der Waals surface area contributed by atoms with E-state index in [2.05, 4.69) is 46.8 Å². The van der Waals surface area contributed by atoms with Crippen molar-refractivity contribution in [2.24, 2.45) is 5.92 Å². The van der Waals surface area contributed by atoms with Gasteiger partial charge in [-0.2, -0.15) is 0 Å². The summed E-state index contributed by atoms with van der Waals surface area (Å²) in [4.78, 5) is 24.1. The van der Waals surface area contributed by atoms with Crippen LogP contribution in [0.3, 0.4) is 0 Å². The van der Waals surface area contributed by atoms with E-state index in [1.807, 2.05) is 4.90 Å². The Morgan fingerprint density at radius 1 is 1.03 bits per heavy atom. The summed E-state index contributed by atoms with van der Waals surface area (Å²) in [7, 11) is 0. The van der Waals surface area contributed by atoms with E-state index < -0.39 is 0 Å². The molecule has 5 rings (SSSR count). The molecule has 3 heterocycles. The van der Waals surface area contributed by atoms with Gasteiger partial charge in [-0.25, -0.2) is 9.37 Å². The van der Waals surface area contributed by atoms with Crippen molar-refractivity contribution in [1.29, 1.82) is 0 Å². The number of aromatic nitrogens is 1. The van der Waals surface area contributed by atoms with Crippen molar-refractivity contribution in [2.75, 3.05) is 49.1 Å². The van der Waals surface area contributed by atoms with Crippen molar-refractivity contribution in [3.05, 3.63) is 53.3 Å². The molecule has 0 unspecified atom stereocenters. The van der Waals surface area contributed by atoms with E-state index in [-0.39, 0.29) is 17.6 Å². The average Bonchev–Trinajstić information content (AvgIpc) is 3.11. The molecule has 0 spiro atoms. The lowest BCUT2D eigenvalue weighted by Crippen LogP contribution is -2.58. The molecule has 3 aromatic rings. The first-order valence-electron chi connectivity index (χ1n) is 10.4. The maximum absolute atomic E-state index is 13.4. The Hall–Kier alpha value is -2.67. The number of thiazole rings is 1. The molecule has 0 saturated carbocycles. The largest absolute Gasteiger partial charge is 0.368 e. The molecule has 0 N–H and O–H groups in total. The summed E-state index contributed by atoms with van der Waals surface area (Å²) in [6, 6.07) is 11.2. The molecule has 2 aromatic carbocycles. The van der Waals surface area contributed by atoms with Gasteiger partial charge in [-0.3, -0.25) is 4.79 Å². The van der Waals surface area contributed by atoms with Crippen LogP contribution in [0.5, 0.6) is 0 Å². The zero-order valence-corrected chi connectivity index (χ0v) is 18.1. The first kappa shape index (κ1) is 19.3. The smallest absolute Gasteiger partial charge is 0.229 e. The van der Waals surface area contributed by atoms with Crippen LogP contribution in [0.4, 0.5) is 15.2 Å². The van der Waals surface area contributed by atoms with Crippen molar-refractivity contribution in [2.45, 2.75) is 13.8 Å². The molecule has 2 fully saturated rings. The van der Waals surface area contributed by atoms with Crippen molar-refractivity contribution in [1.82, 2.24) is 9.88 Å². The number of aryl methyl sites for hydroxylation is 2. The lowest BCUT2D eigenvalue weighted by molar-refractivity contribution is -0.136. The molecule has 5 nitrogen and oxygen atoms in total. The van der Waals surface area contributed by atoms with Gasteiger partial charge in [0, 0.05) is 45.0 Å². The second-order valence-corrected chi connectivity index (χ2v) is 9.32. The fraction of sp³-hybridized carbons (Fsp3) is 0.391. The average molecular weight is 425 g/mol. The minimum absolute atomic E-state index is 0.0287. The van der Waals surface area contributed by atoms with Crippen LogP contribution in [0.1, 0.15) is 11.1 Å². The molecule has 2 saturated heterocycles. The molecule has 1 aromatic heterocycles. The van der Waals surface area contributed by atoms with E-state index in [1.165, 1.54) is 40.3 Å². The monoisotopic (exact) mass is 424 g/mol. The van der Waals surface area contributed by atoms with Gasteiger partial charge in [-0.05, 0) is 49.2 Å². The fourth-order valence-corrected chi connectivity index (χ4v) is 5.31. The number of piperazine rings is 1. The van der Waals surface area contributed by atoms with E-state index in [9.17, 15) is 9.18 Å². The van der Waals surface area contributed by atoms with Crippen LogP contribution >= 0.6 is 11.3 Å². The SMILES string of the molecule is Cc1ccc(C)c(N2CCN(C(=O)C3CN(c4nc5ccc(F)cc5s4)C3)CC2)c1. The van der Waals surface area contributed by atoms with Crippen molar-refractivity contribution in [3.63, 3.8) is 0 Å². The number of fused-ring (bicyclic) bond motifs is 1. The molecule has 7 heteroatoms. The Kier molecular flexibility index (Phi) is 4.85. The van der Waals surface area contributed by atoms with Crippen LogP contribution in [0.2, 0.25) is 0 Å². The van der Waals surface area contributed by atoms with Gasteiger partial charge in [0.05, 0.1) is 16.1 Å². The van der Waals surface area contributed by atoms with E-state index in [0.717, 1.165) is 41.5 Å². The minimum atomic E-state index is -0.241. The van der Waals surface area contributed by atoms with E-state index >= 15 is 0 Å². The molecule has 0 radical (unpaired) electrons. The number of hydrogen-bond acceptors (Lipinski definition) is 5. The highest BCUT2D eigenvalue weighted by Crippen LogP contribution is 2.34. The second kappa shape index (κ2) is 7.54. The quantitative estimate of drug-likeness (QED) is 0.641. The van der Waals surface area contributed by atoms with Gasteiger partial charge in [0.15, 0.2) is 5.13 Å². The Morgan fingerprint density at radius 3 is 2.57 bits per heavy atom. The van der Waals surface area contributed by atoms with E-state index in [1.54, 1.807) is 6.07 Å². The van der Waals surface area contributed by atoms with Gasteiger partial charge in [0.25, 0.3) is 0 Å². The molecule has 0 bridgehead atoms. The van der Waals surface area contributed by atoms with E-state index in [4.69, 9.17) is 0 Å². The topological polar surface area (TPSA) is 39.7 Å². The zero-order valence-electron chi connectivity index (χ0n) is 17.3. The van der Waals surface area contributed by atoms with Crippen LogP contribution in [-0.2, 0) is 4.79 Å². The summed E-state index contributed by atoms with van der Waals surface area (Å²) >= 11 is 1.49. The summed E-state index contributed by atoms with van der Waals surface area (Å²) < 4.78 is 14.3. The molecule has 2 aliphatic heterocycles. The summed E-state index contributed by atoms with van der Waals surface area (Å²) in [5.74, 6) is 0.0365. The van der Waals surface area contributed by atoms with Crippen LogP contribution in [0, 0.1) is 25.6 Å². The molecule has 156 valence electrons. The lowest BCUT2D eigenvalue weighted by Gasteiger charge is -2.43. The number of amides is 1. The van der Waals surface area contributed by atoms with Gasteiger partial charge in [0.2, 0.25) is 5.91 Å².